The highest BCUT2D eigenvalue weighted by atomic mass is 16.5. The van der Waals surface area contributed by atoms with Crippen LogP contribution in [-0.4, -0.2) is 70.5 Å². The summed E-state index contributed by atoms with van der Waals surface area (Å²) in [7, 11) is 0. The number of Topliss-reactive ketones (excluding diaryl/α,β-unsaturated/α-hetero) is 1. The zero-order chi connectivity index (χ0) is 30.4. The Labute approximate surface area is 247 Å². The van der Waals surface area contributed by atoms with Crippen molar-refractivity contribution < 1.29 is 23.9 Å². The second-order valence-electron chi connectivity index (χ2n) is 11.8. The lowest BCUT2D eigenvalue weighted by Crippen LogP contribution is -2.55. The van der Waals surface area contributed by atoms with Crippen molar-refractivity contribution in [3.8, 4) is 0 Å². The van der Waals surface area contributed by atoms with Gasteiger partial charge in [-0.2, -0.15) is 0 Å². The fourth-order valence-corrected chi connectivity index (χ4v) is 5.31. The van der Waals surface area contributed by atoms with Crippen LogP contribution >= 0.6 is 0 Å². The third kappa shape index (κ3) is 7.32. The van der Waals surface area contributed by atoms with Crippen molar-refractivity contribution in [2.45, 2.75) is 65.0 Å². The summed E-state index contributed by atoms with van der Waals surface area (Å²) in [5.41, 5.74) is 1.80. The molecule has 2 aromatic rings. The van der Waals surface area contributed by atoms with Crippen molar-refractivity contribution in [1.29, 1.82) is 0 Å². The first-order valence-corrected chi connectivity index (χ1v) is 14.4. The number of carbonyl (C=O) groups excluding carboxylic acids is 4. The van der Waals surface area contributed by atoms with Gasteiger partial charge in [0.1, 0.15) is 19.2 Å². The van der Waals surface area contributed by atoms with Crippen LogP contribution in [-0.2, 0) is 23.9 Å². The van der Waals surface area contributed by atoms with E-state index in [1.54, 1.807) is 6.20 Å². The Balaban J connectivity index is 1.47. The van der Waals surface area contributed by atoms with Crippen molar-refractivity contribution in [3.63, 3.8) is 0 Å². The van der Waals surface area contributed by atoms with Crippen molar-refractivity contribution in [2.75, 3.05) is 19.7 Å². The van der Waals surface area contributed by atoms with Crippen molar-refractivity contribution in [1.82, 2.24) is 15.1 Å². The second kappa shape index (κ2) is 13.1. The molecule has 3 amide bonds. The number of nitrogens with zero attached hydrogens (tertiary/aromatic N) is 3. The van der Waals surface area contributed by atoms with Crippen LogP contribution in [0.4, 0.5) is 0 Å². The van der Waals surface area contributed by atoms with Gasteiger partial charge in [0.25, 0.3) is 11.8 Å². The van der Waals surface area contributed by atoms with Crippen molar-refractivity contribution in [3.05, 3.63) is 78.0 Å². The number of amides is 3. The molecule has 0 aliphatic carbocycles. The first kappa shape index (κ1) is 30.7. The summed E-state index contributed by atoms with van der Waals surface area (Å²) in [6, 6.07) is 18.3. The molecule has 0 saturated carbocycles. The van der Waals surface area contributed by atoms with Gasteiger partial charge < -0.3 is 15.0 Å². The van der Waals surface area contributed by atoms with Crippen LogP contribution in [0.5, 0.6) is 0 Å². The van der Waals surface area contributed by atoms with E-state index in [0.29, 0.717) is 25.3 Å². The summed E-state index contributed by atoms with van der Waals surface area (Å²) in [6.45, 7) is 9.53. The van der Waals surface area contributed by atoms with Gasteiger partial charge in [0.05, 0.1) is 11.2 Å². The Morgan fingerprint density at radius 2 is 1.69 bits per heavy atom. The lowest BCUT2D eigenvalue weighted by atomic mass is 9.90. The van der Waals surface area contributed by atoms with Gasteiger partial charge in [0.2, 0.25) is 17.6 Å². The molecule has 2 heterocycles. The summed E-state index contributed by atoms with van der Waals surface area (Å²) in [5, 5.41) is 2.94. The lowest BCUT2D eigenvalue weighted by molar-refractivity contribution is -0.144. The third-order valence-electron chi connectivity index (χ3n) is 7.46. The normalized spacial score (nSPS) is 18.7. The summed E-state index contributed by atoms with van der Waals surface area (Å²) in [6.07, 6.45) is 2.39. The molecule has 2 aromatic carbocycles. The van der Waals surface area contributed by atoms with Crippen LogP contribution in [0.3, 0.4) is 0 Å². The average Bonchev–Trinajstić information content (AvgIpc) is 3.33. The topological polar surface area (TPSA) is 108 Å². The van der Waals surface area contributed by atoms with E-state index in [1.807, 2.05) is 88.4 Å². The van der Waals surface area contributed by atoms with E-state index in [-0.39, 0.29) is 54.2 Å². The van der Waals surface area contributed by atoms with Gasteiger partial charge in [-0.3, -0.25) is 24.1 Å². The van der Waals surface area contributed by atoms with Crippen LogP contribution in [0.1, 0.15) is 64.5 Å². The predicted molar refractivity (Wildman–Crippen MR) is 161 cm³/mol. The minimum atomic E-state index is -0.707. The number of rotatable bonds is 11. The van der Waals surface area contributed by atoms with Gasteiger partial charge in [-0.1, -0.05) is 74.5 Å². The highest BCUT2D eigenvalue weighted by Gasteiger charge is 2.40. The lowest BCUT2D eigenvalue weighted by Gasteiger charge is -2.40. The van der Waals surface area contributed by atoms with Crippen LogP contribution in [0, 0.1) is 5.92 Å². The number of hydrogen-bond donors (Lipinski definition) is 1. The Morgan fingerprint density at radius 1 is 1.05 bits per heavy atom. The zero-order valence-electron chi connectivity index (χ0n) is 25.0. The second-order valence-corrected chi connectivity index (χ2v) is 11.8. The first-order chi connectivity index (χ1) is 20.0. The first-order valence-electron chi connectivity index (χ1n) is 14.4. The Bertz CT molecular complexity index is 1370. The number of carbonyl (C=O) groups is 4. The Hall–Kier alpha value is -4.27. The maximum atomic E-state index is 13.7. The van der Waals surface area contributed by atoms with E-state index >= 15 is 0 Å². The Morgan fingerprint density at radius 3 is 2.26 bits per heavy atom. The summed E-state index contributed by atoms with van der Waals surface area (Å²) in [4.78, 5) is 59.8. The van der Waals surface area contributed by atoms with E-state index < -0.39 is 11.6 Å². The van der Waals surface area contributed by atoms with E-state index in [9.17, 15) is 19.2 Å². The van der Waals surface area contributed by atoms with E-state index in [1.165, 1.54) is 16.7 Å². The smallest absolute Gasteiger partial charge is 0.254 e. The van der Waals surface area contributed by atoms with E-state index in [2.05, 4.69) is 10.3 Å². The quantitative estimate of drug-likeness (QED) is 0.435. The molecule has 0 saturated heterocycles. The molecule has 222 valence electrons. The van der Waals surface area contributed by atoms with Gasteiger partial charge in [0.15, 0.2) is 0 Å². The van der Waals surface area contributed by atoms with Gasteiger partial charge in [-0.05, 0) is 43.2 Å². The van der Waals surface area contributed by atoms with Crippen LogP contribution in [0.15, 0.2) is 71.9 Å². The van der Waals surface area contributed by atoms with Crippen molar-refractivity contribution in [2.24, 2.45) is 10.9 Å². The van der Waals surface area contributed by atoms with E-state index in [0.717, 1.165) is 11.1 Å². The molecule has 2 aliphatic heterocycles. The standard InChI is InChI=1S/C33H40N4O5/c1-22(2)30-32(41)37(27(19-36(30)23(3)38)25-14-10-7-11-15-25)20-29(40)34-17-16-26(24-12-8-6-9-13-24)18-28(39)31-35-33(4,5)21-42-31/h6-15,19,22,26,30H,16-18,20-21H2,1-5H3,(H,34,40). The van der Waals surface area contributed by atoms with Crippen LogP contribution in [0.25, 0.3) is 5.70 Å². The number of aliphatic imine (C=N–C) groups is 1. The molecule has 0 aromatic heterocycles. The molecule has 2 unspecified atom stereocenters. The molecular formula is C33H40N4O5. The molecule has 1 N–H and O–H groups in total. The molecule has 0 spiro atoms. The molecule has 9 nitrogen and oxygen atoms in total. The molecule has 4 rings (SSSR count). The molecule has 9 heteroatoms. The molecule has 2 atom stereocenters. The molecular weight excluding hydrogens is 532 g/mol. The fourth-order valence-electron chi connectivity index (χ4n) is 5.31. The maximum Gasteiger partial charge on any atom is 0.254 e. The SMILES string of the molecule is CC(=O)N1C=C(c2ccccc2)N(CC(=O)NCCC(CC(=O)C2=NC(C)(C)CO2)c2ccccc2)C(=O)C1C(C)C. The highest BCUT2D eigenvalue weighted by Crippen LogP contribution is 2.30. The molecule has 0 bridgehead atoms. The molecule has 42 heavy (non-hydrogen) atoms. The molecule has 2 aliphatic rings. The van der Waals surface area contributed by atoms with Crippen molar-refractivity contribution >= 4 is 35.1 Å². The molecule has 0 radical (unpaired) electrons. The van der Waals surface area contributed by atoms with Gasteiger partial charge in [-0.15, -0.1) is 0 Å². The summed E-state index contributed by atoms with van der Waals surface area (Å²) in [5.74, 6) is -1.17. The fraction of sp³-hybridized carbons (Fsp3) is 0.424. The van der Waals surface area contributed by atoms with Crippen LogP contribution in [0.2, 0.25) is 0 Å². The highest BCUT2D eigenvalue weighted by molar-refractivity contribution is 6.36. The number of benzene rings is 2. The van der Waals surface area contributed by atoms with Gasteiger partial charge >= 0.3 is 0 Å². The molecule has 0 fully saturated rings. The number of nitrogens with one attached hydrogen (secondary N) is 1. The maximum absolute atomic E-state index is 13.7. The predicted octanol–water partition coefficient (Wildman–Crippen LogP) is 4.16. The Kier molecular flexibility index (Phi) is 9.60. The van der Waals surface area contributed by atoms with Gasteiger partial charge in [-0.25, -0.2) is 4.99 Å². The summed E-state index contributed by atoms with van der Waals surface area (Å²) >= 11 is 0. The minimum Gasteiger partial charge on any atom is -0.473 e. The number of ether oxygens (including phenoxy) is 1. The number of hydrogen-bond acceptors (Lipinski definition) is 6. The average molecular weight is 573 g/mol. The largest absolute Gasteiger partial charge is 0.473 e. The third-order valence-corrected chi connectivity index (χ3v) is 7.46. The van der Waals surface area contributed by atoms with Crippen LogP contribution < -0.4 is 5.32 Å². The monoisotopic (exact) mass is 572 g/mol. The van der Waals surface area contributed by atoms with Gasteiger partial charge in [0, 0.05) is 26.1 Å². The summed E-state index contributed by atoms with van der Waals surface area (Å²) < 4.78 is 5.56. The number of ketones is 1. The zero-order valence-corrected chi connectivity index (χ0v) is 25.0. The van der Waals surface area contributed by atoms with E-state index in [4.69, 9.17) is 4.74 Å². The minimum absolute atomic E-state index is 0.149.